The molecule has 0 aromatic carbocycles. The first-order chi connectivity index (χ1) is 9.37. The van der Waals surface area contributed by atoms with E-state index < -0.39 is 21.7 Å². The molecule has 1 aliphatic heterocycles. The van der Waals surface area contributed by atoms with Crippen LogP contribution >= 0.6 is 0 Å². The summed E-state index contributed by atoms with van der Waals surface area (Å²) in [5, 5.41) is 9.47. The van der Waals surface area contributed by atoms with Crippen molar-refractivity contribution in [1.29, 1.82) is 0 Å². The number of carbonyl (C=O) groups is 1. The number of aliphatic carboxylic acids is 1. The molecule has 1 heterocycles. The fraction of sp³-hybridized carbons (Fsp3) is 0.923. The number of hydrogen-bond acceptors (Lipinski definition) is 3. The van der Waals surface area contributed by atoms with Gasteiger partial charge in [0.2, 0.25) is 0 Å². The molecule has 2 rings (SSSR count). The summed E-state index contributed by atoms with van der Waals surface area (Å²) in [6, 6.07) is -0.0596. The molecule has 6 nitrogen and oxygen atoms in total. The van der Waals surface area contributed by atoms with Gasteiger partial charge in [0.25, 0.3) is 10.2 Å². The van der Waals surface area contributed by atoms with E-state index >= 15 is 0 Å². The fourth-order valence-electron chi connectivity index (χ4n) is 3.25. The zero-order valence-electron chi connectivity index (χ0n) is 12.0. The topological polar surface area (TPSA) is 86.7 Å². The van der Waals surface area contributed by atoms with Crippen LogP contribution in [0.1, 0.15) is 58.3 Å². The Balaban J connectivity index is 2.18. The second-order valence-electron chi connectivity index (χ2n) is 6.01. The summed E-state index contributed by atoms with van der Waals surface area (Å²) >= 11 is 0. The molecule has 2 aliphatic rings. The van der Waals surface area contributed by atoms with Crippen molar-refractivity contribution in [2.45, 2.75) is 69.9 Å². The lowest BCUT2D eigenvalue weighted by Crippen LogP contribution is -2.60. The molecule has 7 heteroatoms. The molecule has 1 saturated heterocycles. The van der Waals surface area contributed by atoms with Crippen LogP contribution in [0.5, 0.6) is 0 Å². The summed E-state index contributed by atoms with van der Waals surface area (Å²) in [5.41, 5.74) is -1.31. The van der Waals surface area contributed by atoms with Crippen molar-refractivity contribution in [1.82, 2.24) is 9.03 Å². The van der Waals surface area contributed by atoms with E-state index in [0.717, 1.165) is 38.5 Å². The number of hydrogen-bond donors (Lipinski definition) is 2. The maximum absolute atomic E-state index is 12.5. The van der Waals surface area contributed by atoms with Crippen molar-refractivity contribution < 1.29 is 18.3 Å². The van der Waals surface area contributed by atoms with E-state index in [0.29, 0.717) is 19.4 Å². The van der Waals surface area contributed by atoms with Crippen LogP contribution in [-0.2, 0) is 15.0 Å². The van der Waals surface area contributed by atoms with Gasteiger partial charge < -0.3 is 5.11 Å². The van der Waals surface area contributed by atoms with Crippen molar-refractivity contribution in [3.05, 3.63) is 0 Å². The maximum Gasteiger partial charge on any atom is 0.324 e. The molecule has 0 aromatic heterocycles. The van der Waals surface area contributed by atoms with Gasteiger partial charge in [-0.1, -0.05) is 25.7 Å². The molecule has 1 atom stereocenters. The van der Waals surface area contributed by atoms with Gasteiger partial charge >= 0.3 is 5.97 Å². The largest absolute Gasteiger partial charge is 0.480 e. The average Bonchev–Trinajstić information content (AvgIpc) is 2.39. The molecule has 0 radical (unpaired) electrons. The summed E-state index contributed by atoms with van der Waals surface area (Å²) in [6.07, 6.45) is 5.93. The van der Waals surface area contributed by atoms with Crippen LogP contribution in [0, 0.1) is 0 Å². The number of piperidine rings is 1. The number of carboxylic acids is 1. The van der Waals surface area contributed by atoms with Gasteiger partial charge in [-0.2, -0.15) is 17.4 Å². The van der Waals surface area contributed by atoms with Crippen molar-refractivity contribution in [3.63, 3.8) is 0 Å². The quantitative estimate of drug-likeness (QED) is 0.823. The SMILES string of the molecule is CC1CCCCN1S(=O)(=O)NC1(C(=O)O)CCCCC1. The molecule has 1 aliphatic carbocycles. The number of nitrogens with one attached hydrogen (secondary N) is 1. The summed E-state index contributed by atoms with van der Waals surface area (Å²) in [7, 11) is -3.73. The van der Waals surface area contributed by atoms with E-state index in [4.69, 9.17) is 0 Å². The monoisotopic (exact) mass is 304 g/mol. The van der Waals surface area contributed by atoms with Gasteiger partial charge in [0.1, 0.15) is 5.54 Å². The first-order valence-electron chi connectivity index (χ1n) is 7.41. The second kappa shape index (κ2) is 5.99. The third kappa shape index (κ3) is 3.15. The van der Waals surface area contributed by atoms with E-state index in [2.05, 4.69) is 4.72 Å². The van der Waals surface area contributed by atoms with Crippen LogP contribution < -0.4 is 4.72 Å². The van der Waals surface area contributed by atoms with Crippen LogP contribution in [0.4, 0.5) is 0 Å². The molecular formula is C13H24N2O4S. The first-order valence-corrected chi connectivity index (χ1v) is 8.85. The van der Waals surface area contributed by atoms with Gasteiger partial charge in [0.15, 0.2) is 0 Å². The molecule has 0 bridgehead atoms. The van der Waals surface area contributed by atoms with Gasteiger partial charge in [0, 0.05) is 12.6 Å². The predicted molar refractivity (Wildman–Crippen MR) is 75.5 cm³/mol. The van der Waals surface area contributed by atoms with Gasteiger partial charge in [-0.05, 0) is 32.6 Å². The van der Waals surface area contributed by atoms with Gasteiger partial charge in [-0.25, -0.2) is 0 Å². The normalized spacial score (nSPS) is 28.1. The van der Waals surface area contributed by atoms with Gasteiger partial charge in [-0.3, -0.25) is 4.79 Å². The standard InChI is InChI=1S/C13H24N2O4S/c1-11-7-3-6-10-15(11)20(18,19)14-13(12(16)17)8-4-2-5-9-13/h11,14H,2-10H2,1H3,(H,16,17). The zero-order valence-corrected chi connectivity index (χ0v) is 12.8. The van der Waals surface area contributed by atoms with Crippen LogP contribution in [-0.4, -0.2) is 41.9 Å². The van der Waals surface area contributed by atoms with E-state index in [9.17, 15) is 18.3 Å². The first kappa shape index (κ1) is 15.7. The lowest BCUT2D eigenvalue weighted by molar-refractivity contribution is -0.145. The highest BCUT2D eigenvalue weighted by Crippen LogP contribution is 2.30. The van der Waals surface area contributed by atoms with E-state index in [1.54, 1.807) is 0 Å². The average molecular weight is 304 g/mol. The Morgan fingerprint density at radius 3 is 2.40 bits per heavy atom. The Bertz CT molecular complexity index is 457. The molecule has 2 fully saturated rings. The van der Waals surface area contributed by atoms with Crippen LogP contribution in [0.15, 0.2) is 0 Å². The maximum atomic E-state index is 12.5. The van der Waals surface area contributed by atoms with Crippen molar-refractivity contribution in [2.75, 3.05) is 6.54 Å². The molecule has 0 spiro atoms. The van der Waals surface area contributed by atoms with Crippen molar-refractivity contribution in [2.24, 2.45) is 0 Å². The molecule has 1 saturated carbocycles. The number of nitrogens with zero attached hydrogens (tertiary/aromatic N) is 1. The van der Waals surface area contributed by atoms with Crippen LogP contribution in [0.3, 0.4) is 0 Å². The second-order valence-corrected chi connectivity index (χ2v) is 7.63. The molecule has 0 amide bonds. The molecule has 20 heavy (non-hydrogen) atoms. The minimum absolute atomic E-state index is 0.0596. The minimum atomic E-state index is -3.73. The highest BCUT2D eigenvalue weighted by Gasteiger charge is 2.45. The Labute approximate surface area is 120 Å². The summed E-state index contributed by atoms with van der Waals surface area (Å²) in [5.74, 6) is -1.05. The van der Waals surface area contributed by atoms with Crippen molar-refractivity contribution >= 4 is 16.2 Å². The molecular weight excluding hydrogens is 280 g/mol. The predicted octanol–water partition coefficient (Wildman–Crippen LogP) is 1.48. The van der Waals surface area contributed by atoms with Crippen LogP contribution in [0.2, 0.25) is 0 Å². The smallest absolute Gasteiger partial charge is 0.324 e. The number of rotatable bonds is 4. The van der Waals surface area contributed by atoms with E-state index in [-0.39, 0.29) is 6.04 Å². The van der Waals surface area contributed by atoms with E-state index in [1.807, 2.05) is 6.92 Å². The third-order valence-electron chi connectivity index (χ3n) is 4.49. The Hall–Kier alpha value is -0.660. The lowest BCUT2D eigenvalue weighted by atomic mass is 9.83. The molecule has 116 valence electrons. The van der Waals surface area contributed by atoms with Crippen molar-refractivity contribution in [3.8, 4) is 0 Å². The Kier molecular flexibility index (Phi) is 4.71. The highest BCUT2D eigenvalue weighted by atomic mass is 32.2. The van der Waals surface area contributed by atoms with E-state index in [1.165, 1.54) is 4.31 Å². The zero-order chi connectivity index (χ0) is 14.8. The summed E-state index contributed by atoms with van der Waals surface area (Å²) < 4.78 is 29.0. The minimum Gasteiger partial charge on any atom is -0.480 e. The van der Waals surface area contributed by atoms with Crippen LogP contribution in [0.25, 0.3) is 0 Å². The molecule has 0 aromatic rings. The summed E-state index contributed by atoms with van der Waals surface area (Å²) in [6.45, 7) is 2.36. The number of carboxylic acid groups (broad SMARTS) is 1. The lowest BCUT2D eigenvalue weighted by Gasteiger charge is -2.38. The summed E-state index contributed by atoms with van der Waals surface area (Å²) in [4.78, 5) is 11.6. The Morgan fingerprint density at radius 2 is 1.85 bits per heavy atom. The van der Waals surface area contributed by atoms with Gasteiger partial charge in [0.05, 0.1) is 0 Å². The third-order valence-corrected chi connectivity index (χ3v) is 6.30. The molecule has 2 N–H and O–H groups in total. The highest BCUT2D eigenvalue weighted by molar-refractivity contribution is 7.87. The molecule has 1 unspecified atom stereocenters. The fourth-order valence-corrected chi connectivity index (χ4v) is 5.10. The Morgan fingerprint density at radius 1 is 1.20 bits per heavy atom. The van der Waals surface area contributed by atoms with Gasteiger partial charge in [-0.15, -0.1) is 0 Å².